The topological polar surface area (TPSA) is 9.23 Å². The molecular formula is C13H6Cl3F3O. The van der Waals surface area contributed by atoms with Gasteiger partial charge in [0.15, 0.2) is 11.6 Å². The predicted molar refractivity (Wildman–Crippen MR) is 73.5 cm³/mol. The molecule has 0 N–H and O–H groups in total. The second kappa shape index (κ2) is 6.12. The molecule has 106 valence electrons. The van der Waals surface area contributed by atoms with Crippen molar-refractivity contribution in [3.05, 3.63) is 51.2 Å². The fourth-order valence-electron chi connectivity index (χ4n) is 1.63. The monoisotopic (exact) mass is 340 g/mol. The second-order valence-electron chi connectivity index (χ2n) is 3.75. The molecule has 0 aromatic heterocycles. The Balaban J connectivity index is 2.53. The van der Waals surface area contributed by atoms with Gasteiger partial charge in [0.2, 0.25) is 0 Å². The van der Waals surface area contributed by atoms with Crippen LogP contribution in [0.3, 0.4) is 0 Å². The van der Waals surface area contributed by atoms with Gasteiger partial charge < -0.3 is 4.74 Å². The lowest BCUT2D eigenvalue weighted by atomic mass is 10.0. The van der Waals surface area contributed by atoms with Crippen LogP contribution in [0.25, 0.3) is 11.1 Å². The SMILES string of the molecule is Fc1c(OC(F)F)cccc1-c1cc(Cl)c(Cl)c(Cl)c1. The summed E-state index contributed by atoms with van der Waals surface area (Å²) in [5.74, 6) is -1.48. The lowest BCUT2D eigenvalue weighted by Gasteiger charge is -2.10. The van der Waals surface area contributed by atoms with Crippen molar-refractivity contribution in [2.45, 2.75) is 6.61 Å². The standard InChI is InChI=1S/C13H6Cl3F3O/c14-8-4-6(5-9(15)11(8)16)7-2-1-3-10(12(7)17)20-13(18)19/h1-5,13H. The predicted octanol–water partition coefficient (Wildman–Crippen LogP) is 6.05. The summed E-state index contributed by atoms with van der Waals surface area (Å²) < 4.78 is 42.5. The molecule has 0 spiro atoms. The summed E-state index contributed by atoms with van der Waals surface area (Å²) >= 11 is 17.5. The Hall–Kier alpha value is -1.10. The van der Waals surface area contributed by atoms with Crippen molar-refractivity contribution in [1.29, 1.82) is 0 Å². The van der Waals surface area contributed by atoms with Gasteiger partial charge in [-0.15, -0.1) is 0 Å². The first-order valence-electron chi connectivity index (χ1n) is 5.28. The van der Waals surface area contributed by atoms with E-state index in [4.69, 9.17) is 34.8 Å². The van der Waals surface area contributed by atoms with Crippen molar-refractivity contribution in [1.82, 2.24) is 0 Å². The number of benzene rings is 2. The van der Waals surface area contributed by atoms with Crippen LogP contribution < -0.4 is 4.74 Å². The lowest BCUT2D eigenvalue weighted by molar-refractivity contribution is -0.0521. The number of alkyl halides is 2. The summed E-state index contributed by atoms with van der Waals surface area (Å²) in [6.07, 6.45) is 0. The van der Waals surface area contributed by atoms with Gasteiger partial charge in [-0.3, -0.25) is 0 Å². The molecule has 7 heteroatoms. The van der Waals surface area contributed by atoms with Crippen molar-refractivity contribution in [3.8, 4) is 16.9 Å². The molecule has 0 aliphatic rings. The maximum Gasteiger partial charge on any atom is 0.387 e. The van der Waals surface area contributed by atoms with Crippen LogP contribution in [0.4, 0.5) is 13.2 Å². The largest absolute Gasteiger partial charge is 0.432 e. The van der Waals surface area contributed by atoms with Crippen molar-refractivity contribution in [2.75, 3.05) is 0 Å². The molecule has 1 nitrogen and oxygen atoms in total. The van der Waals surface area contributed by atoms with Gasteiger partial charge in [-0.25, -0.2) is 4.39 Å². The van der Waals surface area contributed by atoms with E-state index in [-0.39, 0.29) is 20.6 Å². The maximum absolute atomic E-state index is 14.1. The third-order valence-electron chi connectivity index (χ3n) is 2.47. The van der Waals surface area contributed by atoms with Crippen LogP contribution in [0.5, 0.6) is 5.75 Å². The van der Waals surface area contributed by atoms with Crippen molar-refractivity contribution in [2.24, 2.45) is 0 Å². The fourth-order valence-corrected chi connectivity index (χ4v) is 2.23. The van der Waals surface area contributed by atoms with E-state index in [0.29, 0.717) is 5.56 Å². The third-order valence-corrected chi connectivity index (χ3v) is 3.67. The Labute approximate surface area is 127 Å². The molecule has 0 fully saturated rings. The number of hydrogen-bond donors (Lipinski definition) is 0. The maximum atomic E-state index is 14.1. The molecule has 0 unspecified atom stereocenters. The van der Waals surface area contributed by atoms with Crippen LogP contribution in [0.1, 0.15) is 0 Å². The summed E-state index contributed by atoms with van der Waals surface area (Å²) in [4.78, 5) is 0. The van der Waals surface area contributed by atoms with Gasteiger partial charge in [-0.1, -0.05) is 46.9 Å². The van der Waals surface area contributed by atoms with E-state index in [2.05, 4.69) is 4.74 Å². The van der Waals surface area contributed by atoms with E-state index >= 15 is 0 Å². The summed E-state index contributed by atoms with van der Waals surface area (Å²) in [5, 5.41) is 0.403. The Morgan fingerprint density at radius 3 is 2.15 bits per heavy atom. The molecule has 2 aromatic carbocycles. The lowest BCUT2D eigenvalue weighted by Crippen LogP contribution is -2.04. The van der Waals surface area contributed by atoms with Gasteiger partial charge >= 0.3 is 6.61 Å². The number of rotatable bonds is 3. The molecule has 2 aromatic rings. The van der Waals surface area contributed by atoms with E-state index in [1.54, 1.807) is 0 Å². The van der Waals surface area contributed by atoms with E-state index in [1.807, 2.05) is 0 Å². The molecule has 0 bridgehead atoms. The van der Waals surface area contributed by atoms with E-state index in [9.17, 15) is 13.2 Å². The van der Waals surface area contributed by atoms with Gasteiger partial charge in [0.1, 0.15) is 0 Å². The number of halogens is 6. The van der Waals surface area contributed by atoms with Crippen LogP contribution in [-0.2, 0) is 0 Å². The normalized spacial score (nSPS) is 10.9. The molecule has 0 radical (unpaired) electrons. The molecular weight excluding hydrogens is 335 g/mol. The minimum Gasteiger partial charge on any atom is -0.432 e. The Morgan fingerprint density at radius 2 is 1.60 bits per heavy atom. The van der Waals surface area contributed by atoms with Crippen LogP contribution in [-0.4, -0.2) is 6.61 Å². The minimum atomic E-state index is -3.11. The Morgan fingerprint density at radius 1 is 1.00 bits per heavy atom. The molecule has 2 rings (SSSR count). The first-order chi connectivity index (χ1) is 9.40. The molecule has 20 heavy (non-hydrogen) atoms. The molecule has 0 saturated carbocycles. The van der Waals surface area contributed by atoms with Gasteiger partial charge in [-0.05, 0) is 23.8 Å². The minimum absolute atomic E-state index is 0.0311. The quantitative estimate of drug-likeness (QED) is 0.617. The first-order valence-corrected chi connectivity index (χ1v) is 6.41. The third kappa shape index (κ3) is 3.14. The number of ether oxygens (including phenoxy) is 1. The van der Waals surface area contributed by atoms with Crippen molar-refractivity contribution in [3.63, 3.8) is 0 Å². The molecule has 0 heterocycles. The smallest absolute Gasteiger partial charge is 0.387 e. The average Bonchev–Trinajstić information content (AvgIpc) is 2.37. The zero-order chi connectivity index (χ0) is 14.9. The molecule has 0 amide bonds. The molecule has 0 atom stereocenters. The van der Waals surface area contributed by atoms with E-state index in [0.717, 1.165) is 6.07 Å². The molecule has 0 saturated heterocycles. The van der Waals surface area contributed by atoms with Crippen LogP contribution in [0.15, 0.2) is 30.3 Å². The zero-order valence-electron chi connectivity index (χ0n) is 9.64. The summed E-state index contributed by atoms with van der Waals surface area (Å²) in [6, 6.07) is 6.65. The van der Waals surface area contributed by atoms with Gasteiger partial charge in [0.05, 0.1) is 15.1 Å². The Kier molecular flexibility index (Phi) is 4.68. The fraction of sp³-hybridized carbons (Fsp3) is 0.0769. The molecule has 0 aliphatic heterocycles. The van der Waals surface area contributed by atoms with Gasteiger partial charge in [0, 0.05) is 5.56 Å². The summed E-state index contributed by atoms with van der Waals surface area (Å²) in [5.41, 5.74) is 0.338. The van der Waals surface area contributed by atoms with Crippen LogP contribution in [0.2, 0.25) is 15.1 Å². The second-order valence-corrected chi connectivity index (χ2v) is 4.94. The highest BCUT2D eigenvalue weighted by Gasteiger charge is 2.16. The number of hydrogen-bond acceptors (Lipinski definition) is 1. The van der Waals surface area contributed by atoms with Crippen LogP contribution >= 0.6 is 34.8 Å². The van der Waals surface area contributed by atoms with Crippen LogP contribution in [0, 0.1) is 5.82 Å². The van der Waals surface area contributed by atoms with E-state index < -0.39 is 18.2 Å². The van der Waals surface area contributed by atoms with Gasteiger partial charge in [-0.2, -0.15) is 8.78 Å². The highest BCUT2D eigenvalue weighted by Crippen LogP contribution is 2.37. The average molecular weight is 342 g/mol. The Bertz CT molecular complexity index is 624. The van der Waals surface area contributed by atoms with Crippen molar-refractivity contribution < 1.29 is 17.9 Å². The summed E-state index contributed by atoms with van der Waals surface area (Å²) in [6.45, 7) is -3.11. The van der Waals surface area contributed by atoms with Gasteiger partial charge in [0.25, 0.3) is 0 Å². The molecule has 0 aliphatic carbocycles. The highest BCUT2D eigenvalue weighted by atomic mass is 35.5. The summed E-state index contributed by atoms with van der Waals surface area (Å²) in [7, 11) is 0. The zero-order valence-corrected chi connectivity index (χ0v) is 11.9. The van der Waals surface area contributed by atoms with E-state index in [1.165, 1.54) is 24.3 Å². The highest BCUT2D eigenvalue weighted by molar-refractivity contribution is 6.48. The van der Waals surface area contributed by atoms with Crippen molar-refractivity contribution >= 4 is 34.8 Å². The first kappa shape index (κ1) is 15.3.